The van der Waals surface area contributed by atoms with Crippen LogP contribution in [0.25, 0.3) is 10.9 Å². The molecule has 0 aliphatic rings. The second-order valence-corrected chi connectivity index (χ2v) is 5.40. The van der Waals surface area contributed by atoms with Crippen LogP contribution in [0.1, 0.15) is 25.1 Å². The molecule has 0 saturated heterocycles. The lowest BCUT2D eigenvalue weighted by Crippen LogP contribution is -2.32. The SMILES string of the molecule is C=CCN(CCc1c(C)[nH]c2ccccc12)C(C)C. The number of benzene rings is 1. The van der Waals surface area contributed by atoms with Crippen LogP contribution in [0.15, 0.2) is 36.9 Å². The molecule has 2 aromatic rings. The molecule has 0 fully saturated rings. The van der Waals surface area contributed by atoms with Gasteiger partial charge in [0.05, 0.1) is 0 Å². The van der Waals surface area contributed by atoms with E-state index in [0.29, 0.717) is 6.04 Å². The number of fused-ring (bicyclic) bond motifs is 1. The minimum atomic E-state index is 0.559. The van der Waals surface area contributed by atoms with Gasteiger partial charge in [-0.05, 0) is 38.8 Å². The molecule has 102 valence electrons. The van der Waals surface area contributed by atoms with Crippen LogP contribution in [-0.2, 0) is 6.42 Å². The van der Waals surface area contributed by atoms with E-state index in [9.17, 15) is 0 Å². The highest BCUT2D eigenvalue weighted by Crippen LogP contribution is 2.22. The van der Waals surface area contributed by atoms with Crippen molar-refractivity contribution in [3.8, 4) is 0 Å². The standard InChI is InChI=1S/C17H24N2/c1-5-11-19(13(2)3)12-10-15-14(4)18-17-9-7-6-8-16(15)17/h5-9,13,18H,1,10-12H2,2-4H3. The van der Waals surface area contributed by atoms with Gasteiger partial charge in [-0.2, -0.15) is 0 Å². The molecule has 1 aromatic carbocycles. The summed E-state index contributed by atoms with van der Waals surface area (Å²) in [6, 6.07) is 9.11. The molecule has 0 radical (unpaired) electrons. The van der Waals surface area contributed by atoms with Crippen LogP contribution in [-0.4, -0.2) is 29.0 Å². The van der Waals surface area contributed by atoms with Crippen LogP contribution in [0, 0.1) is 6.92 Å². The zero-order valence-electron chi connectivity index (χ0n) is 12.2. The monoisotopic (exact) mass is 256 g/mol. The zero-order chi connectivity index (χ0) is 13.8. The van der Waals surface area contributed by atoms with Gasteiger partial charge in [-0.25, -0.2) is 0 Å². The molecule has 2 rings (SSSR count). The van der Waals surface area contributed by atoms with Gasteiger partial charge < -0.3 is 4.98 Å². The average Bonchev–Trinajstić information content (AvgIpc) is 2.70. The Kier molecular flexibility index (Phi) is 4.43. The number of H-pyrrole nitrogens is 1. The number of aromatic amines is 1. The Bertz CT molecular complexity index is 551. The fourth-order valence-corrected chi connectivity index (χ4v) is 2.64. The maximum absolute atomic E-state index is 3.85. The molecule has 0 aliphatic heterocycles. The Balaban J connectivity index is 2.17. The van der Waals surface area contributed by atoms with Crippen molar-refractivity contribution in [3.63, 3.8) is 0 Å². The Labute approximate surface area is 116 Å². The predicted molar refractivity (Wildman–Crippen MR) is 83.6 cm³/mol. The molecule has 2 nitrogen and oxygen atoms in total. The van der Waals surface area contributed by atoms with Crippen molar-refractivity contribution >= 4 is 10.9 Å². The molecule has 0 saturated carbocycles. The Morgan fingerprint density at radius 2 is 2.05 bits per heavy atom. The Morgan fingerprint density at radius 3 is 2.74 bits per heavy atom. The first-order chi connectivity index (χ1) is 9.13. The molecule has 1 aromatic heterocycles. The topological polar surface area (TPSA) is 19.0 Å². The maximum atomic E-state index is 3.85. The summed E-state index contributed by atoms with van der Waals surface area (Å²) in [5, 5.41) is 1.36. The van der Waals surface area contributed by atoms with E-state index in [1.54, 1.807) is 0 Å². The molecule has 1 N–H and O–H groups in total. The summed E-state index contributed by atoms with van der Waals surface area (Å²) in [5.74, 6) is 0. The summed E-state index contributed by atoms with van der Waals surface area (Å²) in [4.78, 5) is 5.93. The quantitative estimate of drug-likeness (QED) is 0.776. The molecular formula is C17H24N2. The highest BCUT2D eigenvalue weighted by molar-refractivity contribution is 5.84. The Hall–Kier alpha value is -1.54. The van der Waals surface area contributed by atoms with E-state index in [4.69, 9.17) is 0 Å². The van der Waals surface area contributed by atoms with Crippen LogP contribution >= 0.6 is 0 Å². The lowest BCUT2D eigenvalue weighted by molar-refractivity contribution is 0.249. The number of hydrogen-bond donors (Lipinski definition) is 1. The predicted octanol–water partition coefficient (Wildman–Crippen LogP) is 3.92. The second kappa shape index (κ2) is 6.07. The summed E-state index contributed by atoms with van der Waals surface area (Å²) in [7, 11) is 0. The van der Waals surface area contributed by atoms with E-state index in [1.165, 1.54) is 22.2 Å². The van der Waals surface area contributed by atoms with Gasteiger partial charge in [-0.1, -0.05) is 24.3 Å². The smallest absolute Gasteiger partial charge is 0.0458 e. The average molecular weight is 256 g/mol. The van der Waals surface area contributed by atoms with Crippen LogP contribution < -0.4 is 0 Å². The second-order valence-electron chi connectivity index (χ2n) is 5.40. The fraction of sp³-hybridized carbons (Fsp3) is 0.412. The number of nitrogens with zero attached hydrogens (tertiary/aromatic N) is 1. The molecule has 0 atom stereocenters. The number of aryl methyl sites for hydroxylation is 1. The van der Waals surface area contributed by atoms with Crippen LogP contribution in [0.4, 0.5) is 0 Å². The minimum Gasteiger partial charge on any atom is -0.358 e. The van der Waals surface area contributed by atoms with Gasteiger partial charge in [0.1, 0.15) is 0 Å². The zero-order valence-corrected chi connectivity index (χ0v) is 12.2. The molecule has 0 bridgehead atoms. The lowest BCUT2D eigenvalue weighted by atomic mass is 10.1. The van der Waals surface area contributed by atoms with E-state index >= 15 is 0 Å². The normalized spacial score (nSPS) is 11.6. The molecule has 2 heteroatoms. The highest BCUT2D eigenvalue weighted by Gasteiger charge is 2.11. The molecule has 0 amide bonds. The summed E-state index contributed by atoms with van der Waals surface area (Å²) in [5.41, 5.74) is 3.99. The maximum Gasteiger partial charge on any atom is 0.0458 e. The van der Waals surface area contributed by atoms with Gasteiger partial charge in [0, 0.05) is 35.7 Å². The van der Waals surface area contributed by atoms with E-state index in [2.05, 4.69) is 61.5 Å². The van der Waals surface area contributed by atoms with Crippen LogP contribution in [0.3, 0.4) is 0 Å². The van der Waals surface area contributed by atoms with Gasteiger partial charge in [-0.15, -0.1) is 6.58 Å². The van der Waals surface area contributed by atoms with Gasteiger partial charge in [0.15, 0.2) is 0 Å². The van der Waals surface area contributed by atoms with E-state index < -0.39 is 0 Å². The molecular weight excluding hydrogens is 232 g/mol. The number of rotatable bonds is 6. The minimum absolute atomic E-state index is 0.559. The molecule has 1 heterocycles. The lowest BCUT2D eigenvalue weighted by Gasteiger charge is -2.24. The number of nitrogens with one attached hydrogen (secondary N) is 1. The molecule has 19 heavy (non-hydrogen) atoms. The van der Waals surface area contributed by atoms with E-state index in [-0.39, 0.29) is 0 Å². The van der Waals surface area contributed by atoms with Crippen molar-refractivity contribution in [1.29, 1.82) is 0 Å². The first kappa shape index (κ1) is 13.9. The third-order valence-corrected chi connectivity index (χ3v) is 3.77. The third kappa shape index (κ3) is 3.07. The van der Waals surface area contributed by atoms with Crippen LogP contribution in [0.2, 0.25) is 0 Å². The van der Waals surface area contributed by atoms with Crippen molar-refractivity contribution < 1.29 is 0 Å². The summed E-state index contributed by atoms with van der Waals surface area (Å²) < 4.78 is 0. The largest absolute Gasteiger partial charge is 0.358 e. The van der Waals surface area contributed by atoms with Crippen molar-refractivity contribution in [2.45, 2.75) is 33.2 Å². The fourth-order valence-electron chi connectivity index (χ4n) is 2.64. The highest BCUT2D eigenvalue weighted by atomic mass is 15.1. The van der Waals surface area contributed by atoms with Crippen molar-refractivity contribution in [3.05, 3.63) is 48.2 Å². The third-order valence-electron chi connectivity index (χ3n) is 3.77. The number of aromatic nitrogens is 1. The number of hydrogen-bond acceptors (Lipinski definition) is 1. The van der Waals surface area contributed by atoms with E-state index in [0.717, 1.165) is 19.5 Å². The molecule has 0 unspecified atom stereocenters. The Morgan fingerprint density at radius 1 is 1.32 bits per heavy atom. The molecule has 0 spiro atoms. The van der Waals surface area contributed by atoms with Crippen molar-refractivity contribution in [2.24, 2.45) is 0 Å². The molecule has 0 aliphatic carbocycles. The first-order valence-electron chi connectivity index (χ1n) is 7.04. The van der Waals surface area contributed by atoms with Crippen molar-refractivity contribution in [2.75, 3.05) is 13.1 Å². The summed E-state index contributed by atoms with van der Waals surface area (Å²) in [6.07, 6.45) is 3.07. The van der Waals surface area contributed by atoms with Gasteiger partial charge >= 0.3 is 0 Å². The summed E-state index contributed by atoms with van der Waals surface area (Å²) >= 11 is 0. The van der Waals surface area contributed by atoms with Gasteiger partial charge in [-0.3, -0.25) is 4.90 Å². The van der Waals surface area contributed by atoms with Crippen molar-refractivity contribution in [1.82, 2.24) is 9.88 Å². The summed E-state index contributed by atoms with van der Waals surface area (Å²) in [6.45, 7) is 12.5. The van der Waals surface area contributed by atoms with Crippen LogP contribution in [0.5, 0.6) is 0 Å². The van der Waals surface area contributed by atoms with E-state index in [1.807, 2.05) is 6.08 Å². The van der Waals surface area contributed by atoms with Gasteiger partial charge in [0.2, 0.25) is 0 Å². The first-order valence-corrected chi connectivity index (χ1v) is 7.04. The van der Waals surface area contributed by atoms with Gasteiger partial charge in [0.25, 0.3) is 0 Å². The number of para-hydroxylation sites is 1.